The third-order valence-corrected chi connectivity index (χ3v) is 3.04. The molecule has 2 N–H and O–H groups in total. The number of hydrogen-bond acceptors (Lipinski definition) is 5. The van der Waals surface area contributed by atoms with E-state index in [1.165, 1.54) is 6.07 Å². The van der Waals surface area contributed by atoms with Crippen LogP contribution in [0.15, 0.2) is 6.07 Å². The topological polar surface area (TPSA) is 75.1 Å². The molecule has 0 aliphatic carbocycles. The zero-order chi connectivity index (χ0) is 12.8. The van der Waals surface area contributed by atoms with Gasteiger partial charge in [0.2, 0.25) is 5.95 Å². The Kier molecular flexibility index (Phi) is 5.21. The summed E-state index contributed by atoms with van der Waals surface area (Å²) in [6.07, 6.45) is 2.06. The Labute approximate surface area is 105 Å². The lowest BCUT2D eigenvalue weighted by molar-refractivity contribution is 0.0690. The Balaban J connectivity index is 2.68. The second-order valence-electron chi connectivity index (χ2n) is 3.96. The fourth-order valence-corrected chi connectivity index (χ4v) is 2.05. The lowest BCUT2D eigenvalue weighted by Gasteiger charge is -2.11. The van der Waals surface area contributed by atoms with Gasteiger partial charge in [0.25, 0.3) is 0 Å². The molecule has 1 heterocycles. The predicted octanol–water partition coefficient (Wildman–Crippen LogP) is 1.89. The van der Waals surface area contributed by atoms with Crippen LogP contribution >= 0.6 is 11.8 Å². The molecule has 0 aliphatic heterocycles. The van der Waals surface area contributed by atoms with Gasteiger partial charge in [-0.2, -0.15) is 11.8 Å². The van der Waals surface area contributed by atoms with Gasteiger partial charge in [0.1, 0.15) is 0 Å². The smallest absolute Gasteiger partial charge is 0.354 e. The van der Waals surface area contributed by atoms with Crippen LogP contribution in [0.2, 0.25) is 0 Å². The number of anilines is 1. The molecule has 6 heteroatoms. The van der Waals surface area contributed by atoms with Gasteiger partial charge in [-0.05, 0) is 30.9 Å². The van der Waals surface area contributed by atoms with E-state index >= 15 is 0 Å². The second kappa shape index (κ2) is 6.44. The van der Waals surface area contributed by atoms with Crippen LogP contribution in [0.1, 0.15) is 23.1 Å². The van der Waals surface area contributed by atoms with Gasteiger partial charge in [-0.15, -0.1) is 0 Å². The summed E-state index contributed by atoms with van der Waals surface area (Å²) in [5.74, 6) is 0.887. The molecule has 0 aromatic carbocycles. The molecule has 1 aromatic rings. The van der Waals surface area contributed by atoms with Gasteiger partial charge in [0.05, 0.1) is 0 Å². The van der Waals surface area contributed by atoms with E-state index in [9.17, 15) is 4.79 Å². The van der Waals surface area contributed by atoms with Gasteiger partial charge in [-0.25, -0.2) is 14.8 Å². The minimum absolute atomic E-state index is 0.0255. The van der Waals surface area contributed by atoms with Gasteiger partial charge in [-0.3, -0.25) is 0 Å². The number of nitrogens with one attached hydrogen (secondary N) is 1. The van der Waals surface area contributed by atoms with Crippen molar-refractivity contribution in [2.45, 2.75) is 13.8 Å². The van der Waals surface area contributed by atoms with Gasteiger partial charge in [0, 0.05) is 12.2 Å². The molecular formula is C11H17N3O2S. The molecule has 1 rings (SSSR count). The number of carboxylic acid groups (broad SMARTS) is 1. The van der Waals surface area contributed by atoms with Gasteiger partial charge >= 0.3 is 5.97 Å². The number of hydrogen-bond donors (Lipinski definition) is 2. The zero-order valence-corrected chi connectivity index (χ0v) is 11.0. The second-order valence-corrected chi connectivity index (χ2v) is 4.88. The van der Waals surface area contributed by atoms with Crippen LogP contribution in [0.25, 0.3) is 0 Å². The van der Waals surface area contributed by atoms with Crippen molar-refractivity contribution in [1.82, 2.24) is 9.97 Å². The van der Waals surface area contributed by atoms with Crippen molar-refractivity contribution in [2.24, 2.45) is 5.92 Å². The van der Waals surface area contributed by atoms with E-state index in [0.29, 0.717) is 17.6 Å². The molecule has 0 radical (unpaired) electrons. The summed E-state index contributed by atoms with van der Waals surface area (Å²) in [7, 11) is 0. The third kappa shape index (κ3) is 4.60. The van der Waals surface area contributed by atoms with E-state index in [1.807, 2.05) is 0 Å². The summed E-state index contributed by atoms with van der Waals surface area (Å²) in [6, 6.07) is 1.46. The summed E-state index contributed by atoms with van der Waals surface area (Å²) in [6.45, 7) is 4.62. The van der Waals surface area contributed by atoms with E-state index < -0.39 is 5.97 Å². The minimum atomic E-state index is -1.03. The number of aromatic carboxylic acids is 1. The number of nitrogens with zero attached hydrogens (tertiary/aromatic N) is 2. The Bertz CT molecular complexity index is 398. The Morgan fingerprint density at radius 3 is 2.88 bits per heavy atom. The van der Waals surface area contributed by atoms with Crippen LogP contribution < -0.4 is 5.32 Å². The molecule has 0 amide bonds. The number of carboxylic acids is 1. The first-order valence-electron chi connectivity index (χ1n) is 5.34. The number of aryl methyl sites for hydroxylation is 1. The van der Waals surface area contributed by atoms with Crippen molar-refractivity contribution in [3.05, 3.63) is 17.5 Å². The summed E-state index contributed by atoms with van der Waals surface area (Å²) in [5.41, 5.74) is 0.676. The summed E-state index contributed by atoms with van der Waals surface area (Å²) < 4.78 is 0. The zero-order valence-electron chi connectivity index (χ0n) is 10.2. The predicted molar refractivity (Wildman–Crippen MR) is 69.8 cm³/mol. The molecule has 0 fully saturated rings. The average Bonchev–Trinajstić information content (AvgIpc) is 2.26. The fourth-order valence-electron chi connectivity index (χ4n) is 1.37. The number of carbonyl (C=O) groups is 1. The Morgan fingerprint density at radius 2 is 2.29 bits per heavy atom. The molecule has 0 saturated carbocycles. The van der Waals surface area contributed by atoms with E-state index in [1.54, 1.807) is 18.7 Å². The Hall–Kier alpha value is -1.30. The molecular weight excluding hydrogens is 238 g/mol. The van der Waals surface area contributed by atoms with E-state index in [0.717, 1.165) is 12.3 Å². The van der Waals surface area contributed by atoms with Gasteiger partial charge < -0.3 is 10.4 Å². The molecule has 0 bridgehead atoms. The number of thioether (sulfide) groups is 1. The van der Waals surface area contributed by atoms with Crippen molar-refractivity contribution >= 4 is 23.7 Å². The molecule has 1 aromatic heterocycles. The van der Waals surface area contributed by atoms with Crippen molar-refractivity contribution in [3.8, 4) is 0 Å². The van der Waals surface area contributed by atoms with Crippen LogP contribution in [0.3, 0.4) is 0 Å². The van der Waals surface area contributed by atoms with E-state index in [2.05, 4.69) is 28.5 Å². The first-order chi connectivity index (χ1) is 8.02. The van der Waals surface area contributed by atoms with Crippen molar-refractivity contribution in [3.63, 3.8) is 0 Å². The van der Waals surface area contributed by atoms with Crippen LogP contribution in [-0.2, 0) is 0 Å². The fraction of sp³-hybridized carbons (Fsp3) is 0.545. The van der Waals surface area contributed by atoms with E-state index in [4.69, 9.17) is 5.11 Å². The first kappa shape index (κ1) is 13.8. The minimum Gasteiger partial charge on any atom is -0.477 e. The van der Waals surface area contributed by atoms with Crippen LogP contribution in [0.4, 0.5) is 5.95 Å². The van der Waals surface area contributed by atoms with Crippen LogP contribution in [-0.4, -0.2) is 39.6 Å². The third-order valence-electron chi connectivity index (χ3n) is 2.13. The van der Waals surface area contributed by atoms with Crippen molar-refractivity contribution in [2.75, 3.05) is 23.9 Å². The molecule has 94 valence electrons. The molecule has 1 atom stereocenters. The van der Waals surface area contributed by atoms with Gasteiger partial charge in [-0.1, -0.05) is 6.92 Å². The van der Waals surface area contributed by atoms with Crippen LogP contribution in [0, 0.1) is 12.8 Å². The lowest BCUT2D eigenvalue weighted by atomic mass is 10.2. The summed E-state index contributed by atoms with van der Waals surface area (Å²) in [5, 5.41) is 11.9. The highest BCUT2D eigenvalue weighted by molar-refractivity contribution is 7.98. The quantitative estimate of drug-likeness (QED) is 0.808. The first-order valence-corrected chi connectivity index (χ1v) is 6.74. The standard InChI is InChI=1S/C11H17N3O2S/c1-7(6-17-3)5-12-11-13-8(2)4-9(14-11)10(15)16/h4,7H,5-6H2,1-3H3,(H,15,16)(H,12,13,14). The molecule has 0 saturated heterocycles. The summed E-state index contributed by atoms with van der Waals surface area (Å²) in [4.78, 5) is 18.9. The SMILES string of the molecule is CSCC(C)CNc1nc(C)cc(C(=O)O)n1. The molecule has 0 aliphatic rings. The molecule has 5 nitrogen and oxygen atoms in total. The van der Waals surface area contributed by atoms with Crippen LogP contribution in [0.5, 0.6) is 0 Å². The van der Waals surface area contributed by atoms with E-state index in [-0.39, 0.29) is 5.69 Å². The highest BCUT2D eigenvalue weighted by atomic mass is 32.2. The highest BCUT2D eigenvalue weighted by Crippen LogP contribution is 2.08. The molecule has 17 heavy (non-hydrogen) atoms. The summed E-state index contributed by atoms with van der Waals surface area (Å²) >= 11 is 1.78. The monoisotopic (exact) mass is 255 g/mol. The highest BCUT2D eigenvalue weighted by Gasteiger charge is 2.09. The molecule has 0 spiro atoms. The van der Waals surface area contributed by atoms with Gasteiger partial charge in [0.15, 0.2) is 5.69 Å². The maximum atomic E-state index is 10.8. The van der Waals surface area contributed by atoms with Crippen molar-refractivity contribution < 1.29 is 9.90 Å². The largest absolute Gasteiger partial charge is 0.477 e. The number of aromatic nitrogens is 2. The lowest BCUT2D eigenvalue weighted by Crippen LogP contribution is -2.16. The maximum absolute atomic E-state index is 10.8. The maximum Gasteiger partial charge on any atom is 0.354 e. The van der Waals surface area contributed by atoms with Crippen molar-refractivity contribution in [1.29, 1.82) is 0 Å². The molecule has 1 unspecified atom stereocenters. The Morgan fingerprint density at radius 1 is 1.59 bits per heavy atom. The normalized spacial score (nSPS) is 12.2. The number of rotatable bonds is 6. The average molecular weight is 255 g/mol.